The average molecular weight is 350 g/mol. The molecule has 0 radical (unpaired) electrons. The van der Waals surface area contributed by atoms with Crippen LogP contribution in [0.3, 0.4) is 0 Å². The molecule has 1 aromatic carbocycles. The SMILES string of the molecule is CCNC(=NCc1cccc(OC)n1)N1CC=C(c2ccccc2)CC1. The van der Waals surface area contributed by atoms with Gasteiger partial charge in [0.15, 0.2) is 5.96 Å². The molecule has 5 heteroatoms. The predicted octanol–water partition coefficient (Wildman–Crippen LogP) is 3.35. The third-order valence-electron chi connectivity index (χ3n) is 4.37. The first-order valence-electron chi connectivity index (χ1n) is 9.07. The summed E-state index contributed by atoms with van der Waals surface area (Å²) in [6.45, 7) is 5.29. The number of nitrogens with zero attached hydrogens (tertiary/aromatic N) is 3. The van der Waals surface area contributed by atoms with Gasteiger partial charge in [0.05, 0.1) is 19.3 Å². The van der Waals surface area contributed by atoms with E-state index in [0.29, 0.717) is 12.4 Å². The Labute approximate surface area is 155 Å². The maximum Gasteiger partial charge on any atom is 0.213 e. The number of hydrogen-bond acceptors (Lipinski definition) is 3. The fraction of sp³-hybridized carbons (Fsp3) is 0.333. The first-order valence-corrected chi connectivity index (χ1v) is 9.07. The third kappa shape index (κ3) is 4.63. The highest BCUT2D eigenvalue weighted by atomic mass is 16.5. The van der Waals surface area contributed by atoms with Gasteiger partial charge in [-0.15, -0.1) is 0 Å². The van der Waals surface area contributed by atoms with E-state index in [1.54, 1.807) is 7.11 Å². The monoisotopic (exact) mass is 350 g/mol. The third-order valence-corrected chi connectivity index (χ3v) is 4.37. The Bertz CT molecular complexity index is 771. The van der Waals surface area contributed by atoms with Gasteiger partial charge in [0.25, 0.3) is 0 Å². The lowest BCUT2D eigenvalue weighted by Crippen LogP contribution is -2.43. The lowest BCUT2D eigenvalue weighted by atomic mass is 10.00. The minimum atomic E-state index is 0.533. The molecule has 0 aliphatic carbocycles. The molecular weight excluding hydrogens is 324 g/mol. The van der Waals surface area contributed by atoms with Crippen LogP contribution in [-0.2, 0) is 6.54 Å². The van der Waals surface area contributed by atoms with Crippen molar-refractivity contribution in [3.05, 3.63) is 65.9 Å². The van der Waals surface area contributed by atoms with Crippen LogP contribution in [0.5, 0.6) is 5.88 Å². The molecule has 3 rings (SSSR count). The van der Waals surface area contributed by atoms with E-state index in [-0.39, 0.29) is 0 Å². The number of nitrogens with one attached hydrogen (secondary N) is 1. The first-order chi connectivity index (χ1) is 12.8. The number of pyridine rings is 1. The van der Waals surface area contributed by atoms with Crippen molar-refractivity contribution in [3.63, 3.8) is 0 Å². The zero-order chi connectivity index (χ0) is 18.2. The molecule has 1 aliphatic heterocycles. The summed E-state index contributed by atoms with van der Waals surface area (Å²) in [5, 5.41) is 3.39. The molecule has 0 fully saturated rings. The summed E-state index contributed by atoms with van der Waals surface area (Å²) in [6, 6.07) is 16.4. The predicted molar refractivity (Wildman–Crippen MR) is 106 cm³/mol. The van der Waals surface area contributed by atoms with Crippen molar-refractivity contribution < 1.29 is 4.74 Å². The molecule has 0 unspecified atom stereocenters. The summed E-state index contributed by atoms with van der Waals surface area (Å²) in [5.41, 5.74) is 3.62. The molecule has 0 spiro atoms. The van der Waals surface area contributed by atoms with E-state index in [0.717, 1.165) is 37.7 Å². The number of methoxy groups -OCH3 is 1. The Kier molecular flexibility index (Phi) is 6.25. The highest BCUT2D eigenvalue weighted by Crippen LogP contribution is 2.22. The van der Waals surface area contributed by atoms with Gasteiger partial charge in [0, 0.05) is 25.7 Å². The van der Waals surface area contributed by atoms with Crippen LogP contribution in [0.2, 0.25) is 0 Å². The van der Waals surface area contributed by atoms with Gasteiger partial charge in [0.1, 0.15) is 0 Å². The van der Waals surface area contributed by atoms with Crippen LogP contribution in [0.1, 0.15) is 24.6 Å². The molecular formula is C21H26N4O. The van der Waals surface area contributed by atoms with Crippen LogP contribution in [0.4, 0.5) is 0 Å². The molecule has 0 atom stereocenters. The minimum absolute atomic E-state index is 0.533. The summed E-state index contributed by atoms with van der Waals surface area (Å²) in [5.74, 6) is 1.55. The number of hydrogen-bond donors (Lipinski definition) is 1. The molecule has 5 nitrogen and oxygen atoms in total. The quantitative estimate of drug-likeness (QED) is 0.664. The van der Waals surface area contributed by atoms with Crippen LogP contribution in [0.15, 0.2) is 59.6 Å². The number of rotatable bonds is 5. The second-order valence-corrected chi connectivity index (χ2v) is 6.13. The van der Waals surface area contributed by atoms with E-state index in [1.165, 1.54) is 11.1 Å². The van der Waals surface area contributed by atoms with Crippen LogP contribution in [0.25, 0.3) is 5.57 Å². The van der Waals surface area contributed by atoms with Gasteiger partial charge in [0.2, 0.25) is 5.88 Å². The van der Waals surface area contributed by atoms with Crippen molar-refractivity contribution in [1.29, 1.82) is 0 Å². The van der Waals surface area contributed by atoms with E-state index >= 15 is 0 Å². The summed E-state index contributed by atoms with van der Waals surface area (Å²) in [4.78, 5) is 11.5. The Hall–Kier alpha value is -2.82. The van der Waals surface area contributed by atoms with Gasteiger partial charge in [-0.1, -0.05) is 42.5 Å². The van der Waals surface area contributed by atoms with Crippen LogP contribution in [0, 0.1) is 0 Å². The molecule has 2 aromatic rings. The van der Waals surface area contributed by atoms with Gasteiger partial charge < -0.3 is 15.0 Å². The second-order valence-electron chi connectivity index (χ2n) is 6.13. The van der Waals surface area contributed by atoms with E-state index in [1.807, 2.05) is 18.2 Å². The van der Waals surface area contributed by atoms with Crippen LogP contribution in [-0.4, -0.2) is 42.6 Å². The topological polar surface area (TPSA) is 49.8 Å². The number of ether oxygens (including phenoxy) is 1. The van der Waals surface area contributed by atoms with Crippen molar-refractivity contribution in [2.75, 3.05) is 26.7 Å². The maximum absolute atomic E-state index is 5.19. The molecule has 1 N–H and O–H groups in total. The van der Waals surface area contributed by atoms with Crippen molar-refractivity contribution in [1.82, 2.24) is 15.2 Å². The molecule has 0 bridgehead atoms. The van der Waals surface area contributed by atoms with Crippen molar-refractivity contribution in [3.8, 4) is 5.88 Å². The fourth-order valence-electron chi connectivity index (χ4n) is 3.02. The zero-order valence-corrected chi connectivity index (χ0v) is 15.5. The Morgan fingerprint density at radius 1 is 1.19 bits per heavy atom. The maximum atomic E-state index is 5.19. The smallest absolute Gasteiger partial charge is 0.213 e. The van der Waals surface area contributed by atoms with Crippen molar-refractivity contribution in [2.24, 2.45) is 4.99 Å². The number of guanidine groups is 1. The molecule has 0 saturated heterocycles. The average Bonchev–Trinajstić information content (AvgIpc) is 2.72. The van der Waals surface area contributed by atoms with Crippen molar-refractivity contribution in [2.45, 2.75) is 19.9 Å². The minimum Gasteiger partial charge on any atom is -0.481 e. The summed E-state index contributed by atoms with van der Waals surface area (Å²) in [7, 11) is 1.63. The molecule has 26 heavy (non-hydrogen) atoms. The van der Waals surface area contributed by atoms with Gasteiger partial charge in [-0.05, 0) is 30.5 Å². The number of aliphatic imine (C=N–C) groups is 1. The molecule has 1 aromatic heterocycles. The van der Waals surface area contributed by atoms with E-state index in [4.69, 9.17) is 9.73 Å². The van der Waals surface area contributed by atoms with Crippen LogP contribution >= 0.6 is 0 Å². The second kappa shape index (κ2) is 9.04. The summed E-state index contributed by atoms with van der Waals surface area (Å²) < 4.78 is 5.19. The fourth-order valence-corrected chi connectivity index (χ4v) is 3.02. The Balaban J connectivity index is 1.69. The highest BCUT2D eigenvalue weighted by molar-refractivity contribution is 5.81. The standard InChI is InChI=1S/C21H26N4O/c1-3-22-21(23-16-19-10-7-11-20(24-19)26-2)25-14-12-18(13-15-25)17-8-5-4-6-9-17/h4-12H,3,13-16H2,1-2H3,(H,22,23). The number of aromatic nitrogens is 1. The van der Waals surface area contributed by atoms with Gasteiger partial charge >= 0.3 is 0 Å². The summed E-state index contributed by atoms with van der Waals surface area (Å²) >= 11 is 0. The van der Waals surface area contributed by atoms with Gasteiger partial charge in [-0.2, -0.15) is 0 Å². The lowest BCUT2D eigenvalue weighted by Gasteiger charge is -2.29. The largest absolute Gasteiger partial charge is 0.481 e. The highest BCUT2D eigenvalue weighted by Gasteiger charge is 2.16. The van der Waals surface area contributed by atoms with Gasteiger partial charge in [-0.3, -0.25) is 0 Å². The Morgan fingerprint density at radius 2 is 2.04 bits per heavy atom. The molecule has 2 heterocycles. The van der Waals surface area contributed by atoms with E-state index < -0.39 is 0 Å². The van der Waals surface area contributed by atoms with E-state index in [2.05, 4.69) is 58.5 Å². The van der Waals surface area contributed by atoms with Crippen molar-refractivity contribution >= 4 is 11.5 Å². The molecule has 0 saturated carbocycles. The zero-order valence-electron chi connectivity index (χ0n) is 15.5. The molecule has 1 aliphatic rings. The van der Waals surface area contributed by atoms with Gasteiger partial charge in [-0.25, -0.2) is 9.98 Å². The normalized spacial score (nSPS) is 14.8. The first kappa shape index (κ1) is 18.0. The van der Waals surface area contributed by atoms with Crippen LogP contribution < -0.4 is 10.1 Å². The summed E-state index contributed by atoms with van der Waals surface area (Å²) in [6.07, 6.45) is 3.32. The Morgan fingerprint density at radius 3 is 2.73 bits per heavy atom. The van der Waals surface area contributed by atoms with E-state index in [9.17, 15) is 0 Å². The lowest BCUT2D eigenvalue weighted by molar-refractivity contribution is 0.396. The molecule has 0 amide bonds. The molecule has 136 valence electrons. The number of benzene rings is 1.